The van der Waals surface area contributed by atoms with Crippen molar-refractivity contribution in [1.82, 2.24) is 24.6 Å². The molecule has 0 bridgehead atoms. The molecule has 1 aromatic carbocycles. The molecule has 1 saturated heterocycles. The second kappa shape index (κ2) is 8.38. The van der Waals surface area contributed by atoms with E-state index < -0.39 is 0 Å². The third-order valence-corrected chi connectivity index (χ3v) is 6.62. The number of hydrogen-bond donors (Lipinski definition) is 1. The van der Waals surface area contributed by atoms with E-state index in [0.717, 1.165) is 37.6 Å². The number of methoxy groups -OCH3 is 1. The summed E-state index contributed by atoms with van der Waals surface area (Å²) in [5.41, 5.74) is 6.05. The maximum Gasteiger partial charge on any atom is 0.217 e. The van der Waals surface area contributed by atoms with E-state index in [9.17, 15) is 4.79 Å². The summed E-state index contributed by atoms with van der Waals surface area (Å²) in [7, 11) is 3.77. The fraction of sp³-hybridized carbons (Fsp3) is 0.500. The zero-order valence-electron chi connectivity index (χ0n) is 19.4. The molecule has 1 aliphatic rings. The molecule has 0 spiro atoms. The van der Waals surface area contributed by atoms with Crippen molar-refractivity contribution in [1.29, 1.82) is 0 Å². The van der Waals surface area contributed by atoms with Crippen LogP contribution < -0.4 is 10.1 Å². The van der Waals surface area contributed by atoms with Gasteiger partial charge in [-0.2, -0.15) is 5.10 Å². The Hall–Kier alpha value is -2.80. The number of nitrogens with zero attached hydrogens (tertiary/aromatic N) is 4. The second-order valence-electron chi connectivity index (χ2n) is 8.65. The van der Waals surface area contributed by atoms with Crippen molar-refractivity contribution in [3.8, 4) is 5.75 Å². The van der Waals surface area contributed by atoms with Gasteiger partial charge in [0.05, 0.1) is 12.8 Å². The number of aryl methyl sites for hydroxylation is 3. The smallest absolute Gasteiger partial charge is 0.217 e. The Balaban J connectivity index is 1.68. The lowest BCUT2D eigenvalue weighted by atomic mass is 9.93. The summed E-state index contributed by atoms with van der Waals surface area (Å²) >= 11 is 0. The minimum Gasteiger partial charge on any atom is -0.497 e. The van der Waals surface area contributed by atoms with Crippen LogP contribution in [-0.4, -0.2) is 51.4 Å². The molecule has 166 valence electrons. The van der Waals surface area contributed by atoms with Crippen molar-refractivity contribution in [3.05, 3.63) is 46.9 Å². The minimum absolute atomic E-state index is 0.0147. The summed E-state index contributed by atoms with van der Waals surface area (Å²) in [4.78, 5) is 14.4. The van der Waals surface area contributed by atoms with Crippen LogP contribution in [-0.2, 0) is 24.9 Å². The van der Waals surface area contributed by atoms with Gasteiger partial charge in [-0.25, -0.2) is 0 Å². The van der Waals surface area contributed by atoms with Gasteiger partial charge < -0.3 is 14.6 Å². The van der Waals surface area contributed by atoms with Gasteiger partial charge in [0, 0.05) is 80.5 Å². The third-order valence-electron chi connectivity index (χ3n) is 6.62. The number of aromatic nitrogens is 3. The number of hydrogen-bond acceptors (Lipinski definition) is 4. The molecule has 7 heteroatoms. The highest BCUT2D eigenvalue weighted by molar-refractivity contribution is 5.86. The van der Waals surface area contributed by atoms with Crippen molar-refractivity contribution in [2.45, 2.75) is 52.7 Å². The van der Waals surface area contributed by atoms with Crippen LogP contribution in [0, 0.1) is 13.8 Å². The first kappa shape index (κ1) is 21.4. The van der Waals surface area contributed by atoms with Gasteiger partial charge in [0.2, 0.25) is 5.91 Å². The van der Waals surface area contributed by atoms with Crippen LogP contribution >= 0.6 is 0 Å². The van der Waals surface area contributed by atoms with E-state index in [4.69, 9.17) is 4.74 Å². The van der Waals surface area contributed by atoms with Gasteiger partial charge in [0.1, 0.15) is 5.75 Å². The molecule has 2 aromatic heterocycles. The highest BCUT2D eigenvalue weighted by Gasteiger charge is 2.36. The Bertz CT molecular complexity index is 1110. The molecule has 3 aromatic rings. The Morgan fingerprint density at radius 3 is 2.71 bits per heavy atom. The van der Waals surface area contributed by atoms with E-state index in [1.165, 1.54) is 27.7 Å². The first-order valence-corrected chi connectivity index (χ1v) is 11.0. The second-order valence-corrected chi connectivity index (χ2v) is 8.65. The highest BCUT2D eigenvalue weighted by Crippen LogP contribution is 2.36. The topological polar surface area (TPSA) is 64.3 Å². The average Bonchev–Trinajstić information content (AvgIpc) is 3.36. The van der Waals surface area contributed by atoms with E-state index >= 15 is 0 Å². The van der Waals surface area contributed by atoms with Crippen molar-refractivity contribution in [2.75, 3.05) is 20.2 Å². The van der Waals surface area contributed by atoms with Crippen molar-refractivity contribution >= 4 is 16.8 Å². The molecule has 0 radical (unpaired) electrons. The van der Waals surface area contributed by atoms with E-state index in [2.05, 4.69) is 70.7 Å². The summed E-state index contributed by atoms with van der Waals surface area (Å²) in [6, 6.07) is 6.27. The van der Waals surface area contributed by atoms with Crippen LogP contribution in [0.5, 0.6) is 5.75 Å². The molecule has 3 heterocycles. The maximum absolute atomic E-state index is 12.0. The third kappa shape index (κ3) is 3.94. The van der Waals surface area contributed by atoms with E-state index in [1.807, 2.05) is 6.07 Å². The van der Waals surface area contributed by atoms with Crippen molar-refractivity contribution in [2.24, 2.45) is 7.05 Å². The maximum atomic E-state index is 12.0. The predicted octanol–water partition coefficient (Wildman–Crippen LogP) is 3.12. The molecule has 0 unspecified atom stereocenters. The number of rotatable bonds is 6. The van der Waals surface area contributed by atoms with Gasteiger partial charge in [-0.05, 0) is 44.5 Å². The van der Waals surface area contributed by atoms with Crippen LogP contribution in [0.25, 0.3) is 10.9 Å². The number of fused-ring (bicyclic) bond motifs is 1. The van der Waals surface area contributed by atoms with Crippen molar-refractivity contribution < 1.29 is 9.53 Å². The van der Waals surface area contributed by atoms with Gasteiger partial charge >= 0.3 is 0 Å². The fourth-order valence-electron chi connectivity index (χ4n) is 5.06. The van der Waals surface area contributed by atoms with Gasteiger partial charge in [-0.15, -0.1) is 0 Å². The van der Waals surface area contributed by atoms with Crippen LogP contribution in [0.4, 0.5) is 0 Å². The monoisotopic (exact) mass is 423 g/mol. The Labute approximate surface area is 184 Å². The molecule has 7 nitrogen and oxygen atoms in total. The summed E-state index contributed by atoms with van der Waals surface area (Å²) in [5, 5.41) is 9.08. The van der Waals surface area contributed by atoms with Crippen LogP contribution in [0.1, 0.15) is 42.3 Å². The number of ether oxygens (including phenoxy) is 1. The Morgan fingerprint density at radius 1 is 1.29 bits per heavy atom. The zero-order chi connectivity index (χ0) is 22.3. The number of amides is 1. The zero-order valence-corrected chi connectivity index (χ0v) is 19.4. The Morgan fingerprint density at radius 2 is 2.06 bits per heavy atom. The van der Waals surface area contributed by atoms with Crippen LogP contribution in [0.3, 0.4) is 0 Å². The largest absolute Gasteiger partial charge is 0.497 e. The van der Waals surface area contributed by atoms with Gasteiger partial charge in [-0.1, -0.05) is 0 Å². The molecule has 1 amide bonds. The summed E-state index contributed by atoms with van der Waals surface area (Å²) in [6.45, 7) is 11.4. The molecular weight excluding hydrogens is 390 g/mol. The minimum atomic E-state index is 0.0147. The number of carbonyl (C=O) groups excluding carboxylic acids is 1. The molecule has 2 atom stereocenters. The summed E-state index contributed by atoms with van der Waals surface area (Å²) in [5.74, 6) is 1.08. The SMILES string of the molecule is CCn1nc(C)c(CN2C[C@H](NC(C)=O)[C@@H](c3cn(C)c4ccc(OC)cc34)C2)c1C. The molecule has 1 N–H and O–H groups in total. The molecule has 4 rings (SSSR count). The molecule has 1 fully saturated rings. The van der Waals surface area contributed by atoms with Gasteiger partial charge in [0.15, 0.2) is 0 Å². The van der Waals surface area contributed by atoms with Crippen LogP contribution in [0.15, 0.2) is 24.4 Å². The molecular formula is C24H33N5O2. The van der Waals surface area contributed by atoms with Gasteiger partial charge in [0.25, 0.3) is 0 Å². The fourth-order valence-corrected chi connectivity index (χ4v) is 5.06. The summed E-state index contributed by atoms with van der Waals surface area (Å²) < 4.78 is 9.72. The normalized spacial score (nSPS) is 19.3. The van der Waals surface area contributed by atoms with Crippen molar-refractivity contribution in [3.63, 3.8) is 0 Å². The lowest BCUT2D eigenvalue weighted by molar-refractivity contribution is -0.119. The van der Waals surface area contributed by atoms with Gasteiger partial charge in [-0.3, -0.25) is 14.4 Å². The molecule has 31 heavy (non-hydrogen) atoms. The number of carbonyl (C=O) groups is 1. The van der Waals surface area contributed by atoms with E-state index in [1.54, 1.807) is 14.0 Å². The lowest BCUT2D eigenvalue weighted by Gasteiger charge is -2.19. The first-order chi connectivity index (χ1) is 14.8. The van der Waals surface area contributed by atoms with Crippen LogP contribution in [0.2, 0.25) is 0 Å². The lowest BCUT2D eigenvalue weighted by Crippen LogP contribution is -2.38. The molecule has 0 aliphatic carbocycles. The average molecular weight is 424 g/mol. The Kier molecular flexibility index (Phi) is 5.79. The molecule has 1 aliphatic heterocycles. The first-order valence-electron chi connectivity index (χ1n) is 11.0. The van der Waals surface area contributed by atoms with E-state index in [0.29, 0.717) is 0 Å². The number of nitrogens with one attached hydrogen (secondary N) is 1. The predicted molar refractivity (Wildman–Crippen MR) is 122 cm³/mol. The standard InChI is InChI=1S/C24H33N5O2/c1-7-29-16(3)20(15(2)26-29)12-28-13-22(23(14-28)25-17(4)30)21-11-27(5)24-9-8-18(31-6)10-19(21)24/h8-11,22-23H,7,12-14H2,1-6H3,(H,25,30)/t22-,23+/m1/s1. The quantitative estimate of drug-likeness (QED) is 0.662. The summed E-state index contributed by atoms with van der Waals surface area (Å²) in [6.07, 6.45) is 2.21. The number of likely N-dealkylation sites (tertiary alicyclic amines) is 1. The number of benzene rings is 1. The highest BCUT2D eigenvalue weighted by atomic mass is 16.5. The van der Waals surface area contributed by atoms with E-state index in [-0.39, 0.29) is 17.9 Å². The molecule has 0 saturated carbocycles.